The zero-order chi connectivity index (χ0) is 19.5. The lowest BCUT2D eigenvalue weighted by Crippen LogP contribution is -2.23. The molecule has 140 valence electrons. The highest BCUT2D eigenvalue weighted by atomic mass is 16.4. The second-order valence-electron chi connectivity index (χ2n) is 6.45. The summed E-state index contributed by atoms with van der Waals surface area (Å²) in [5.74, 6) is 1.60. The predicted octanol–water partition coefficient (Wildman–Crippen LogP) is 3.67. The Labute approximate surface area is 161 Å². The molecule has 28 heavy (non-hydrogen) atoms. The maximum absolute atomic E-state index is 12.3. The van der Waals surface area contributed by atoms with Crippen LogP contribution < -0.4 is 5.32 Å². The lowest BCUT2D eigenvalue weighted by atomic mass is 9.97. The standard InChI is InChI=1S/C21H19N5O2/c1-13-3-4-17(21-26-25-14(2)28-21)11-18(13)15-5-7-16(8-6-15)20(27)24-12-19-22-9-10-23-19/h3-11H,12H2,1-2H3,(H,22,23)(H,24,27). The van der Waals surface area contributed by atoms with Crippen molar-refractivity contribution in [1.29, 1.82) is 0 Å². The first-order valence-corrected chi connectivity index (χ1v) is 8.88. The van der Waals surface area contributed by atoms with Crippen molar-refractivity contribution in [2.45, 2.75) is 20.4 Å². The summed E-state index contributed by atoms with van der Waals surface area (Å²) in [6.45, 7) is 4.17. The zero-order valence-corrected chi connectivity index (χ0v) is 15.6. The van der Waals surface area contributed by atoms with E-state index in [1.807, 2.05) is 49.4 Å². The highest BCUT2D eigenvalue weighted by molar-refractivity contribution is 5.94. The van der Waals surface area contributed by atoms with Crippen LogP contribution in [0.4, 0.5) is 0 Å². The third-order valence-corrected chi connectivity index (χ3v) is 4.44. The molecule has 0 aliphatic heterocycles. The Hall–Kier alpha value is -3.74. The molecule has 2 N–H and O–H groups in total. The van der Waals surface area contributed by atoms with Crippen molar-refractivity contribution in [1.82, 2.24) is 25.5 Å². The Morgan fingerprint density at radius 3 is 2.54 bits per heavy atom. The van der Waals surface area contributed by atoms with Crippen LogP contribution in [-0.2, 0) is 6.54 Å². The number of nitrogens with one attached hydrogen (secondary N) is 2. The van der Waals surface area contributed by atoms with Crippen molar-refractivity contribution in [3.8, 4) is 22.6 Å². The number of rotatable bonds is 5. The highest BCUT2D eigenvalue weighted by Gasteiger charge is 2.11. The van der Waals surface area contributed by atoms with Gasteiger partial charge >= 0.3 is 0 Å². The van der Waals surface area contributed by atoms with Crippen LogP contribution in [0.5, 0.6) is 0 Å². The zero-order valence-electron chi connectivity index (χ0n) is 15.6. The summed E-state index contributed by atoms with van der Waals surface area (Å²) in [6, 6.07) is 13.5. The summed E-state index contributed by atoms with van der Waals surface area (Å²) in [6.07, 6.45) is 3.38. The molecule has 7 heteroatoms. The molecular formula is C21H19N5O2. The van der Waals surface area contributed by atoms with Gasteiger partial charge in [-0.25, -0.2) is 4.98 Å². The van der Waals surface area contributed by atoms with E-state index in [0.717, 1.165) is 22.3 Å². The molecule has 0 bridgehead atoms. The van der Waals surface area contributed by atoms with E-state index in [0.29, 0.717) is 29.7 Å². The summed E-state index contributed by atoms with van der Waals surface area (Å²) in [7, 11) is 0. The fraction of sp³-hybridized carbons (Fsp3) is 0.143. The number of benzene rings is 2. The maximum atomic E-state index is 12.3. The van der Waals surface area contributed by atoms with Gasteiger partial charge in [0.05, 0.1) is 6.54 Å². The number of carbonyl (C=O) groups is 1. The van der Waals surface area contributed by atoms with Gasteiger partial charge in [-0.2, -0.15) is 0 Å². The number of imidazole rings is 1. The second-order valence-corrected chi connectivity index (χ2v) is 6.45. The summed E-state index contributed by atoms with van der Waals surface area (Å²) in [5, 5.41) is 10.8. The molecule has 0 unspecified atom stereocenters. The molecule has 0 aliphatic carbocycles. The molecule has 0 radical (unpaired) electrons. The molecule has 2 aromatic heterocycles. The molecule has 0 fully saturated rings. The van der Waals surface area contributed by atoms with E-state index >= 15 is 0 Å². The first-order valence-electron chi connectivity index (χ1n) is 8.88. The molecule has 0 spiro atoms. The minimum absolute atomic E-state index is 0.144. The fourth-order valence-electron chi connectivity index (χ4n) is 2.94. The Bertz CT molecular complexity index is 1100. The van der Waals surface area contributed by atoms with Crippen molar-refractivity contribution in [3.63, 3.8) is 0 Å². The number of aromatic amines is 1. The van der Waals surface area contributed by atoms with Gasteiger partial charge in [0.15, 0.2) is 0 Å². The maximum Gasteiger partial charge on any atom is 0.251 e. The molecule has 4 aromatic rings. The molecule has 0 saturated heterocycles. The fourth-order valence-corrected chi connectivity index (χ4v) is 2.94. The van der Waals surface area contributed by atoms with Gasteiger partial charge in [-0.05, 0) is 47.9 Å². The average Bonchev–Trinajstić information content (AvgIpc) is 3.38. The van der Waals surface area contributed by atoms with E-state index in [-0.39, 0.29) is 5.91 Å². The Morgan fingerprint density at radius 1 is 1.07 bits per heavy atom. The number of nitrogens with zero attached hydrogens (tertiary/aromatic N) is 3. The highest BCUT2D eigenvalue weighted by Crippen LogP contribution is 2.29. The number of aromatic nitrogens is 4. The van der Waals surface area contributed by atoms with Crippen molar-refractivity contribution < 1.29 is 9.21 Å². The number of hydrogen-bond donors (Lipinski definition) is 2. The first-order chi connectivity index (χ1) is 13.6. The van der Waals surface area contributed by atoms with Gasteiger partial charge in [0, 0.05) is 30.4 Å². The SMILES string of the molecule is Cc1nnc(-c2ccc(C)c(-c3ccc(C(=O)NCc4ncc[nH]4)cc3)c2)o1. The van der Waals surface area contributed by atoms with E-state index in [4.69, 9.17) is 4.42 Å². The van der Waals surface area contributed by atoms with Crippen molar-refractivity contribution >= 4 is 5.91 Å². The summed E-state index contributed by atoms with van der Waals surface area (Å²) < 4.78 is 5.53. The number of hydrogen-bond acceptors (Lipinski definition) is 5. The topological polar surface area (TPSA) is 96.7 Å². The first kappa shape index (κ1) is 17.7. The molecular weight excluding hydrogens is 354 g/mol. The summed E-state index contributed by atoms with van der Waals surface area (Å²) in [4.78, 5) is 19.4. The van der Waals surface area contributed by atoms with Crippen LogP contribution in [-0.4, -0.2) is 26.1 Å². The van der Waals surface area contributed by atoms with Crippen molar-refractivity contribution in [2.75, 3.05) is 0 Å². The predicted molar refractivity (Wildman–Crippen MR) is 104 cm³/mol. The lowest BCUT2D eigenvalue weighted by Gasteiger charge is -2.09. The van der Waals surface area contributed by atoms with Gasteiger partial charge < -0.3 is 14.7 Å². The molecule has 7 nitrogen and oxygen atoms in total. The molecule has 0 atom stereocenters. The van der Waals surface area contributed by atoms with E-state index in [2.05, 4.69) is 25.5 Å². The monoisotopic (exact) mass is 373 g/mol. The average molecular weight is 373 g/mol. The second kappa shape index (κ2) is 7.48. The quantitative estimate of drug-likeness (QED) is 0.556. The Balaban J connectivity index is 1.54. The molecule has 0 aliphatic rings. The van der Waals surface area contributed by atoms with Crippen LogP contribution in [0.25, 0.3) is 22.6 Å². The van der Waals surface area contributed by atoms with Gasteiger partial charge in [-0.1, -0.05) is 18.2 Å². The molecule has 1 amide bonds. The normalized spacial score (nSPS) is 10.8. The molecule has 4 rings (SSSR count). The third-order valence-electron chi connectivity index (χ3n) is 4.44. The van der Waals surface area contributed by atoms with Gasteiger partial charge in [-0.15, -0.1) is 10.2 Å². The van der Waals surface area contributed by atoms with E-state index in [1.54, 1.807) is 19.3 Å². The van der Waals surface area contributed by atoms with Gasteiger partial charge in [0.2, 0.25) is 11.8 Å². The Morgan fingerprint density at radius 2 is 1.86 bits per heavy atom. The van der Waals surface area contributed by atoms with Crippen LogP contribution in [0.2, 0.25) is 0 Å². The largest absolute Gasteiger partial charge is 0.421 e. The van der Waals surface area contributed by atoms with Crippen LogP contribution in [0, 0.1) is 13.8 Å². The van der Waals surface area contributed by atoms with Crippen LogP contribution in [0.15, 0.2) is 59.3 Å². The van der Waals surface area contributed by atoms with Crippen molar-refractivity contribution in [2.24, 2.45) is 0 Å². The minimum atomic E-state index is -0.144. The summed E-state index contributed by atoms with van der Waals surface area (Å²) >= 11 is 0. The van der Waals surface area contributed by atoms with Crippen molar-refractivity contribution in [3.05, 3.63) is 77.7 Å². The van der Waals surface area contributed by atoms with Crippen LogP contribution >= 0.6 is 0 Å². The van der Waals surface area contributed by atoms with Gasteiger partial charge in [0.1, 0.15) is 5.82 Å². The molecule has 0 saturated carbocycles. The Kier molecular flexibility index (Phi) is 4.72. The van der Waals surface area contributed by atoms with E-state index < -0.39 is 0 Å². The number of aryl methyl sites for hydroxylation is 2. The lowest BCUT2D eigenvalue weighted by molar-refractivity contribution is 0.0950. The summed E-state index contributed by atoms with van der Waals surface area (Å²) in [5.41, 5.74) is 4.64. The third kappa shape index (κ3) is 3.68. The smallest absolute Gasteiger partial charge is 0.251 e. The van der Waals surface area contributed by atoms with Crippen LogP contribution in [0.3, 0.4) is 0 Å². The number of H-pyrrole nitrogens is 1. The number of amides is 1. The van der Waals surface area contributed by atoms with Gasteiger partial charge in [0.25, 0.3) is 5.91 Å². The minimum Gasteiger partial charge on any atom is -0.421 e. The molecule has 2 aromatic carbocycles. The number of carbonyl (C=O) groups excluding carboxylic acids is 1. The van der Waals surface area contributed by atoms with E-state index in [9.17, 15) is 4.79 Å². The van der Waals surface area contributed by atoms with Crippen LogP contribution in [0.1, 0.15) is 27.6 Å². The molecule has 2 heterocycles. The van der Waals surface area contributed by atoms with E-state index in [1.165, 1.54) is 0 Å². The van der Waals surface area contributed by atoms with Gasteiger partial charge in [-0.3, -0.25) is 4.79 Å².